The van der Waals surface area contributed by atoms with Crippen molar-refractivity contribution in [2.75, 3.05) is 25.6 Å². The molecule has 0 aliphatic rings. The van der Waals surface area contributed by atoms with Crippen molar-refractivity contribution < 1.29 is 8.42 Å². The fourth-order valence-corrected chi connectivity index (χ4v) is 3.16. The van der Waals surface area contributed by atoms with Crippen LogP contribution in [0, 0.1) is 13.8 Å². The number of aromatic nitrogens is 2. The summed E-state index contributed by atoms with van der Waals surface area (Å²) in [6.07, 6.45) is 2.68. The molecule has 0 aliphatic heterocycles. The smallest absolute Gasteiger partial charge is 0.191 e. The zero-order valence-corrected chi connectivity index (χ0v) is 15.8. The summed E-state index contributed by atoms with van der Waals surface area (Å²) in [7, 11) is 0.724. The molecule has 0 aromatic carbocycles. The van der Waals surface area contributed by atoms with Crippen LogP contribution in [0.1, 0.15) is 30.3 Å². The molecule has 0 bridgehead atoms. The molecule has 0 aliphatic carbocycles. The standard InChI is InChI=1S/C15H29N5O2S/c1-11(8-10-23(6,21)22)18-15(16-4)17-9-7-14-12(2)19-20(5)13(14)3/h11H,7-10H2,1-6H3,(H2,16,17,18). The van der Waals surface area contributed by atoms with Crippen LogP contribution < -0.4 is 10.6 Å². The maximum Gasteiger partial charge on any atom is 0.191 e. The molecular formula is C15H29N5O2S. The van der Waals surface area contributed by atoms with Gasteiger partial charge in [0.2, 0.25) is 0 Å². The van der Waals surface area contributed by atoms with Crippen LogP contribution in [-0.4, -0.2) is 55.8 Å². The highest BCUT2D eigenvalue weighted by molar-refractivity contribution is 7.90. The van der Waals surface area contributed by atoms with Gasteiger partial charge < -0.3 is 10.6 Å². The summed E-state index contributed by atoms with van der Waals surface area (Å²) in [5, 5.41) is 10.9. The summed E-state index contributed by atoms with van der Waals surface area (Å²) in [5.74, 6) is 0.858. The van der Waals surface area contributed by atoms with E-state index in [9.17, 15) is 8.42 Å². The van der Waals surface area contributed by atoms with Gasteiger partial charge in [0.25, 0.3) is 0 Å². The van der Waals surface area contributed by atoms with E-state index in [0.717, 1.165) is 18.7 Å². The van der Waals surface area contributed by atoms with Crippen LogP contribution in [0.3, 0.4) is 0 Å². The normalized spacial score (nSPS) is 13.9. The number of aliphatic imine (C=N–C) groups is 1. The van der Waals surface area contributed by atoms with Crippen molar-refractivity contribution in [2.24, 2.45) is 12.0 Å². The van der Waals surface area contributed by atoms with E-state index < -0.39 is 9.84 Å². The zero-order valence-electron chi connectivity index (χ0n) is 15.0. The Labute approximate surface area is 139 Å². The molecule has 0 spiro atoms. The highest BCUT2D eigenvalue weighted by Gasteiger charge is 2.11. The van der Waals surface area contributed by atoms with Crippen molar-refractivity contribution in [3.8, 4) is 0 Å². The van der Waals surface area contributed by atoms with Crippen LogP contribution >= 0.6 is 0 Å². The molecule has 23 heavy (non-hydrogen) atoms. The highest BCUT2D eigenvalue weighted by Crippen LogP contribution is 2.11. The number of hydrogen-bond donors (Lipinski definition) is 2. The van der Waals surface area contributed by atoms with Crippen molar-refractivity contribution in [3.63, 3.8) is 0 Å². The largest absolute Gasteiger partial charge is 0.356 e. The lowest BCUT2D eigenvalue weighted by Gasteiger charge is -2.17. The van der Waals surface area contributed by atoms with Gasteiger partial charge in [-0.1, -0.05) is 0 Å². The van der Waals surface area contributed by atoms with Crippen molar-refractivity contribution in [3.05, 3.63) is 17.0 Å². The summed E-state index contributed by atoms with van der Waals surface area (Å²) in [4.78, 5) is 4.18. The second-order valence-electron chi connectivity index (χ2n) is 5.99. The second kappa shape index (κ2) is 8.33. The molecule has 0 radical (unpaired) electrons. The maximum atomic E-state index is 11.2. The Kier molecular flexibility index (Phi) is 7.05. The van der Waals surface area contributed by atoms with Gasteiger partial charge in [0.1, 0.15) is 9.84 Å². The van der Waals surface area contributed by atoms with Gasteiger partial charge in [0.15, 0.2) is 5.96 Å². The number of hydrogen-bond acceptors (Lipinski definition) is 4. The van der Waals surface area contributed by atoms with E-state index in [0.29, 0.717) is 12.4 Å². The quantitative estimate of drug-likeness (QED) is 0.558. The average Bonchev–Trinajstić information content (AvgIpc) is 2.69. The Balaban J connectivity index is 2.45. The predicted molar refractivity (Wildman–Crippen MR) is 94.7 cm³/mol. The van der Waals surface area contributed by atoms with Gasteiger partial charge >= 0.3 is 0 Å². The van der Waals surface area contributed by atoms with E-state index in [1.165, 1.54) is 17.5 Å². The minimum Gasteiger partial charge on any atom is -0.356 e. The number of aryl methyl sites for hydroxylation is 2. The summed E-state index contributed by atoms with van der Waals surface area (Å²) < 4.78 is 24.3. The first kappa shape index (κ1) is 19.5. The van der Waals surface area contributed by atoms with Crippen molar-refractivity contribution in [1.29, 1.82) is 0 Å². The van der Waals surface area contributed by atoms with Crippen LogP contribution in [0.2, 0.25) is 0 Å². The third-order valence-corrected chi connectivity index (χ3v) is 4.83. The van der Waals surface area contributed by atoms with Gasteiger partial charge in [-0.3, -0.25) is 9.67 Å². The molecule has 132 valence electrons. The van der Waals surface area contributed by atoms with Gasteiger partial charge in [-0.25, -0.2) is 8.42 Å². The lowest BCUT2D eigenvalue weighted by atomic mass is 10.1. The van der Waals surface area contributed by atoms with Gasteiger partial charge in [-0.2, -0.15) is 5.10 Å². The second-order valence-corrected chi connectivity index (χ2v) is 8.25. The zero-order chi connectivity index (χ0) is 17.6. The number of sulfone groups is 1. The number of nitrogens with zero attached hydrogens (tertiary/aromatic N) is 3. The molecule has 1 heterocycles. The first-order valence-corrected chi connectivity index (χ1v) is 9.84. The molecule has 7 nitrogen and oxygen atoms in total. The molecule has 8 heteroatoms. The Morgan fingerprint density at radius 2 is 2.04 bits per heavy atom. The molecular weight excluding hydrogens is 314 g/mol. The maximum absolute atomic E-state index is 11.2. The molecule has 1 aromatic heterocycles. The summed E-state index contributed by atoms with van der Waals surface area (Å²) in [5.41, 5.74) is 3.48. The van der Waals surface area contributed by atoms with Crippen LogP contribution in [-0.2, 0) is 23.3 Å². The number of rotatable bonds is 7. The first-order valence-electron chi connectivity index (χ1n) is 7.78. The third kappa shape index (κ3) is 6.60. The van der Waals surface area contributed by atoms with Gasteiger partial charge in [-0.05, 0) is 39.2 Å². The fraction of sp³-hybridized carbons (Fsp3) is 0.733. The highest BCUT2D eigenvalue weighted by atomic mass is 32.2. The monoisotopic (exact) mass is 343 g/mol. The van der Waals surface area contributed by atoms with E-state index in [2.05, 4.69) is 27.6 Å². The van der Waals surface area contributed by atoms with Crippen LogP contribution in [0.25, 0.3) is 0 Å². The lowest BCUT2D eigenvalue weighted by Crippen LogP contribution is -2.43. The van der Waals surface area contributed by atoms with E-state index >= 15 is 0 Å². The molecule has 0 saturated carbocycles. The average molecular weight is 343 g/mol. The van der Waals surface area contributed by atoms with E-state index in [1.54, 1.807) is 7.05 Å². The molecule has 1 unspecified atom stereocenters. The summed E-state index contributed by atoms with van der Waals surface area (Å²) in [6, 6.07) is 0.0396. The van der Waals surface area contributed by atoms with E-state index in [-0.39, 0.29) is 11.8 Å². The third-order valence-electron chi connectivity index (χ3n) is 3.85. The summed E-state index contributed by atoms with van der Waals surface area (Å²) >= 11 is 0. The Morgan fingerprint density at radius 1 is 1.39 bits per heavy atom. The number of guanidine groups is 1. The summed E-state index contributed by atoms with van der Waals surface area (Å²) in [6.45, 7) is 6.78. The minimum atomic E-state index is -2.93. The molecule has 1 rings (SSSR count). The van der Waals surface area contributed by atoms with E-state index in [1.807, 2.05) is 25.6 Å². The van der Waals surface area contributed by atoms with Crippen molar-refractivity contribution >= 4 is 15.8 Å². The fourth-order valence-electron chi connectivity index (χ4n) is 2.38. The molecule has 0 fully saturated rings. The van der Waals surface area contributed by atoms with Gasteiger partial charge in [0, 0.05) is 38.6 Å². The Morgan fingerprint density at radius 3 is 2.52 bits per heavy atom. The Bertz CT molecular complexity index is 649. The van der Waals surface area contributed by atoms with E-state index in [4.69, 9.17) is 0 Å². The van der Waals surface area contributed by atoms with Crippen molar-refractivity contribution in [1.82, 2.24) is 20.4 Å². The molecule has 1 aromatic rings. The first-order chi connectivity index (χ1) is 10.6. The van der Waals surface area contributed by atoms with Gasteiger partial charge in [-0.15, -0.1) is 0 Å². The van der Waals surface area contributed by atoms with Crippen LogP contribution in [0.4, 0.5) is 0 Å². The molecule has 0 amide bonds. The minimum absolute atomic E-state index is 0.0396. The van der Waals surface area contributed by atoms with Gasteiger partial charge in [0.05, 0.1) is 11.4 Å². The Hall–Kier alpha value is -1.57. The molecule has 2 N–H and O–H groups in total. The molecule has 1 atom stereocenters. The topological polar surface area (TPSA) is 88.4 Å². The molecule has 0 saturated heterocycles. The van der Waals surface area contributed by atoms with Crippen molar-refractivity contribution in [2.45, 2.75) is 39.7 Å². The van der Waals surface area contributed by atoms with Crippen LogP contribution in [0.15, 0.2) is 4.99 Å². The SMILES string of the molecule is CN=C(NCCc1c(C)nn(C)c1C)NC(C)CCS(C)(=O)=O. The predicted octanol–water partition coefficient (Wildman–Crippen LogP) is 0.568. The lowest BCUT2D eigenvalue weighted by molar-refractivity contribution is 0.581. The van der Waals surface area contributed by atoms with Crippen LogP contribution in [0.5, 0.6) is 0 Å². The number of nitrogens with one attached hydrogen (secondary N) is 2.